The van der Waals surface area contributed by atoms with Gasteiger partial charge in [-0.2, -0.15) is 0 Å². The summed E-state index contributed by atoms with van der Waals surface area (Å²) in [6.07, 6.45) is 7.17. The normalized spacial score (nSPS) is 22.5. The summed E-state index contributed by atoms with van der Waals surface area (Å²) < 4.78 is 0. The molecule has 1 unspecified atom stereocenters. The van der Waals surface area contributed by atoms with Gasteiger partial charge in [0.05, 0.1) is 6.17 Å². The standard InChI is InChI=1S/C10H21N2/c1-3-11-9(2)12-10-7-5-4-6-8-10/h9-11H,3-8H2,1-2H3. The average molecular weight is 169 g/mol. The topological polar surface area (TPSA) is 26.1 Å². The summed E-state index contributed by atoms with van der Waals surface area (Å²) in [5.74, 6) is 0. The number of rotatable bonds is 4. The zero-order valence-electron chi connectivity index (χ0n) is 8.34. The molecular formula is C10H21N2. The van der Waals surface area contributed by atoms with Crippen LogP contribution in [0.4, 0.5) is 0 Å². The van der Waals surface area contributed by atoms with Gasteiger partial charge in [0.25, 0.3) is 0 Å². The third-order valence-corrected chi connectivity index (χ3v) is 2.51. The lowest BCUT2D eigenvalue weighted by Crippen LogP contribution is -2.40. The lowest BCUT2D eigenvalue weighted by Gasteiger charge is -2.24. The Morgan fingerprint density at radius 3 is 2.58 bits per heavy atom. The summed E-state index contributed by atoms with van der Waals surface area (Å²) in [7, 11) is 0. The van der Waals surface area contributed by atoms with Crippen LogP contribution < -0.4 is 10.6 Å². The quantitative estimate of drug-likeness (QED) is 0.683. The Labute approximate surface area is 76.1 Å². The Morgan fingerprint density at radius 2 is 2.00 bits per heavy atom. The summed E-state index contributed by atoms with van der Waals surface area (Å²) in [6, 6.07) is 0.646. The molecule has 0 spiro atoms. The van der Waals surface area contributed by atoms with Gasteiger partial charge in [-0.15, -0.1) is 0 Å². The van der Waals surface area contributed by atoms with E-state index < -0.39 is 0 Å². The second kappa shape index (κ2) is 5.55. The Bertz CT molecular complexity index is 108. The molecule has 2 heteroatoms. The molecule has 0 amide bonds. The molecular weight excluding hydrogens is 148 g/mol. The van der Waals surface area contributed by atoms with Crippen LogP contribution in [-0.4, -0.2) is 18.8 Å². The third kappa shape index (κ3) is 3.55. The van der Waals surface area contributed by atoms with Gasteiger partial charge in [-0.1, -0.05) is 26.2 Å². The molecule has 1 radical (unpaired) electrons. The first-order valence-corrected chi connectivity index (χ1v) is 5.26. The van der Waals surface area contributed by atoms with Crippen LogP contribution in [0.25, 0.3) is 0 Å². The highest BCUT2D eigenvalue weighted by Crippen LogP contribution is 2.18. The molecule has 12 heavy (non-hydrogen) atoms. The molecule has 0 aromatic rings. The molecule has 0 aromatic carbocycles. The summed E-state index contributed by atoms with van der Waals surface area (Å²) in [6.45, 7) is 5.31. The van der Waals surface area contributed by atoms with Crippen LogP contribution >= 0.6 is 0 Å². The highest BCUT2D eigenvalue weighted by molar-refractivity contribution is 4.73. The largest absolute Gasteiger partial charge is 0.301 e. The van der Waals surface area contributed by atoms with Crippen molar-refractivity contribution in [1.29, 1.82) is 0 Å². The number of nitrogens with one attached hydrogen (secondary N) is 1. The maximum absolute atomic E-state index is 4.71. The van der Waals surface area contributed by atoms with Crippen LogP contribution in [0.2, 0.25) is 0 Å². The molecule has 0 bridgehead atoms. The second-order valence-electron chi connectivity index (χ2n) is 3.67. The monoisotopic (exact) mass is 169 g/mol. The lowest BCUT2D eigenvalue weighted by atomic mass is 9.95. The minimum atomic E-state index is 0.359. The molecule has 0 aliphatic heterocycles. The fourth-order valence-electron chi connectivity index (χ4n) is 1.89. The first kappa shape index (κ1) is 10.0. The van der Waals surface area contributed by atoms with Crippen molar-refractivity contribution < 1.29 is 0 Å². The Hall–Kier alpha value is -0.0800. The number of hydrogen-bond acceptors (Lipinski definition) is 1. The van der Waals surface area contributed by atoms with E-state index in [4.69, 9.17) is 5.32 Å². The van der Waals surface area contributed by atoms with Crippen molar-refractivity contribution in [2.45, 2.75) is 58.2 Å². The fourth-order valence-corrected chi connectivity index (χ4v) is 1.89. The molecule has 1 N–H and O–H groups in total. The van der Waals surface area contributed by atoms with Crippen molar-refractivity contribution in [1.82, 2.24) is 10.6 Å². The molecule has 0 heterocycles. The first-order chi connectivity index (χ1) is 5.83. The molecule has 1 rings (SSSR count). The summed E-state index contributed by atoms with van der Waals surface area (Å²) in [4.78, 5) is 0. The molecule has 71 valence electrons. The Balaban J connectivity index is 2.11. The van der Waals surface area contributed by atoms with E-state index in [2.05, 4.69) is 19.2 Å². The van der Waals surface area contributed by atoms with E-state index in [1.807, 2.05) is 0 Å². The summed E-state index contributed by atoms with van der Waals surface area (Å²) >= 11 is 0. The molecule has 2 nitrogen and oxygen atoms in total. The maximum atomic E-state index is 4.71. The van der Waals surface area contributed by atoms with E-state index in [0.29, 0.717) is 12.2 Å². The maximum Gasteiger partial charge on any atom is 0.0710 e. The number of nitrogens with zero attached hydrogens (tertiary/aromatic N) is 1. The van der Waals surface area contributed by atoms with Gasteiger partial charge in [0, 0.05) is 6.04 Å². The van der Waals surface area contributed by atoms with Crippen LogP contribution in [0, 0.1) is 0 Å². The van der Waals surface area contributed by atoms with Crippen LogP contribution in [0.15, 0.2) is 0 Å². The van der Waals surface area contributed by atoms with Crippen molar-refractivity contribution in [2.24, 2.45) is 0 Å². The van der Waals surface area contributed by atoms with E-state index in [0.717, 1.165) is 6.54 Å². The summed E-state index contributed by atoms with van der Waals surface area (Å²) in [5.41, 5.74) is 0. The molecule has 1 saturated carbocycles. The minimum Gasteiger partial charge on any atom is -0.301 e. The molecule has 1 fully saturated rings. The van der Waals surface area contributed by atoms with Gasteiger partial charge < -0.3 is 5.32 Å². The highest BCUT2D eigenvalue weighted by atomic mass is 15.1. The van der Waals surface area contributed by atoms with Crippen LogP contribution in [0.5, 0.6) is 0 Å². The Kier molecular flexibility index (Phi) is 4.62. The van der Waals surface area contributed by atoms with Crippen LogP contribution in [0.1, 0.15) is 46.0 Å². The zero-order chi connectivity index (χ0) is 8.81. The average Bonchev–Trinajstić information content (AvgIpc) is 2.06. The SMILES string of the molecule is CCNC(C)[N]C1CCCCC1. The van der Waals surface area contributed by atoms with E-state index in [1.165, 1.54) is 32.1 Å². The molecule has 1 aliphatic carbocycles. The van der Waals surface area contributed by atoms with Gasteiger partial charge in [-0.3, -0.25) is 0 Å². The van der Waals surface area contributed by atoms with Crippen molar-refractivity contribution >= 4 is 0 Å². The van der Waals surface area contributed by atoms with Gasteiger partial charge in [-0.25, -0.2) is 5.32 Å². The predicted molar refractivity (Wildman–Crippen MR) is 52.1 cm³/mol. The second-order valence-corrected chi connectivity index (χ2v) is 3.67. The number of hydrogen-bond donors (Lipinski definition) is 1. The van der Waals surface area contributed by atoms with Gasteiger partial charge in [0.15, 0.2) is 0 Å². The van der Waals surface area contributed by atoms with Gasteiger partial charge in [0.2, 0.25) is 0 Å². The van der Waals surface area contributed by atoms with E-state index in [1.54, 1.807) is 0 Å². The third-order valence-electron chi connectivity index (χ3n) is 2.51. The molecule has 0 saturated heterocycles. The van der Waals surface area contributed by atoms with Crippen molar-refractivity contribution in [3.63, 3.8) is 0 Å². The molecule has 1 aliphatic rings. The van der Waals surface area contributed by atoms with Crippen molar-refractivity contribution in [2.75, 3.05) is 6.54 Å². The molecule has 1 atom stereocenters. The van der Waals surface area contributed by atoms with Crippen LogP contribution in [-0.2, 0) is 0 Å². The predicted octanol–water partition coefficient (Wildman–Crippen LogP) is 1.88. The zero-order valence-corrected chi connectivity index (χ0v) is 8.34. The van der Waals surface area contributed by atoms with E-state index in [9.17, 15) is 0 Å². The fraction of sp³-hybridized carbons (Fsp3) is 1.00. The molecule has 0 aromatic heterocycles. The highest BCUT2D eigenvalue weighted by Gasteiger charge is 2.15. The van der Waals surface area contributed by atoms with Gasteiger partial charge in [-0.05, 0) is 26.3 Å². The summed E-state index contributed by atoms with van der Waals surface area (Å²) in [5, 5.41) is 8.04. The smallest absolute Gasteiger partial charge is 0.0710 e. The first-order valence-electron chi connectivity index (χ1n) is 5.26. The van der Waals surface area contributed by atoms with Crippen molar-refractivity contribution in [3.05, 3.63) is 0 Å². The van der Waals surface area contributed by atoms with Crippen molar-refractivity contribution in [3.8, 4) is 0 Å². The lowest BCUT2D eigenvalue weighted by molar-refractivity contribution is 0.314. The minimum absolute atomic E-state index is 0.359. The van der Waals surface area contributed by atoms with Gasteiger partial charge >= 0.3 is 0 Å². The van der Waals surface area contributed by atoms with E-state index in [-0.39, 0.29) is 0 Å². The Morgan fingerprint density at radius 1 is 1.33 bits per heavy atom. The van der Waals surface area contributed by atoms with E-state index >= 15 is 0 Å². The van der Waals surface area contributed by atoms with Gasteiger partial charge in [0.1, 0.15) is 0 Å². The van der Waals surface area contributed by atoms with Crippen LogP contribution in [0.3, 0.4) is 0 Å².